The van der Waals surface area contributed by atoms with Gasteiger partial charge in [-0.1, -0.05) is 23.2 Å². The van der Waals surface area contributed by atoms with Crippen LogP contribution in [0.15, 0.2) is 30.6 Å². The number of anilines is 2. The number of nitrogens with one attached hydrogen (secondary N) is 1. The monoisotopic (exact) mass is 454 g/mol. The fourth-order valence-electron chi connectivity index (χ4n) is 2.60. The molecule has 1 unspecified atom stereocenters. The van der Waals surface area contributed by atoms with Gasteiger partial charge in [0.2, 0.25) is 0 Å². The van der Waals surface area contributed by atoms with Crippen molar-refractivity contribution in [1.82, 2.24) is 20.0 Å². The summed E-state index contributed by atoms with van der Waals surface area (Å²) in [7, 11) is 0. The number of ether oxygens (including phenoxy) is 1. The lowest BCUT2D eigenvalue weighted by molar-refractivity contribution is 0.102. The molecule has 0 bridgehead atoms. The Kier molecular flexibility index (Phi) is 6.70. The maximum absolute atomic E-state index is 13.8. The van der Waals surface area contributed by atoms with E-state index in [1.165, 1.54) is 23.0 Å². The highest BCUT2D eigenvalue weighted by Crippen LogP contribution is 2.35. The van der Waals surface area contributed by atoms with Crippen molar-refractivity contribution >= 4 is 40.6 Å². The second-order valence-corrected chi connectivity index (χ2v) is 6.95. The first-order valence-corrected chi connectivity index (χ1v) is 9.43. The predicted octanol–water partition coefficient (Wildman–Crippen LogP) is 3.09. The molecule has 0 saturated heterocycles. The van der Waals surface area contributed by atoms with Crippen molar-refractivity contribution in [2.75, 3.05) is 17.7 Å². The van der Waals surface area contributed by atoms with Gasteiger partial charge in [0.25, 0.3) is 5.91 Å². The predicted molar refractivity (Wildman–Crippen MR) is 109 cm³/mol. The van der Waals surface area contributed by atoms with Gasteiger partial charge in [-0.15, -0.1) is 10.2 Å². The quantitative estimate of drug-likeness (QED) is 0.467. The summed E-state index contributed by atoms with van der Waals surface area (Å²) in [6.07, 6.45) is 2.18. The van der Waals surface area contributed by atoms with Gasteiger partial charge in [0, 0.05) is 22.8 Å². The van der Waals surface area contributed by atoms with E-state index in [1.54, 1.807) is 13.1 Å². The number of halogens is 3. The molecule has 30 heavy (non-hydrogen) atoms. The molecule has 0 fully saturated rings. The zero-order valence-corrected chi connectivity index (χ0v) is 17.2. The highest BCUT2D eigenvalue weighted by molar-refractivity contribution is 6.36. The smallest absolute Gasteiger partial charge is 0.276 e. The lowest BCUT2D eigenvalue weighted by Crippen LogP contribution is -2.16. The van der Waals surface area contributed by atoms with Crippen LogP contribution in [0.25, 0.3) is 0 Å². The number of nitrogens with zero attached hydrogens (tertiary/aromatic N) is 4. The maximum Gasteiger partial charge on any atom is 0.276 e. The van der Waals surface area contributed by atoms with Gasteiger partial charge in [0.15, 0.2) is 17.3 Å². The Morgan fingerprint density at radius 1 is 1.40 bits per heavy atom. The Balaban J connectivity index is 1.79. The molecule has 1 amide bonds. The molecule has 0 saturated carbocycles. The number of nitrogens with two attached hydrogens (primary N) is 1. The summed E-state index contributed by atoms with van der Waals surface area (Å²) < 4.78 is 21.0. The van der Waals surface area contributed by atoms with Crippen molar-refractivity contribution < 1.29 is 19.0 Å². The van der Waals surface area contributed by atoms with E-state index in [-0.39, 0.29) is 39.5 Å². The molecular formula is C18H17Cl2FN6O3. The maximum atomic E-state index is 13.8. The number of rotatable bonds is 7. The molecule has 0 aliphatic rings. The van der Waals surface area contributed by atoms with E-state index in [0.29, 0.717) is 12.2 Å². The molecule has 3 aromatic rings. The minimum atomic E-state index is -0.792. The van der Waals surface area contributed by atoms with Gasteiger partial charge < -0.3 is 20.9 Å². The SMILES string of the molecule is CC(Oc1cc(C(=O)Nc2cnn(CCO)c2)nnc1N)c1c(Cl)ccc(F)c1Cl. The van der Waals surface area contributed by atoms with Gasteiger partial charge in [-0.2, -0.15) is 5.10 Å². The van der Waals surface area contributed by atoms with Gasteiger partial charge in [-0.05, 0) is 19.1 Å². The van der Waals surface area contributed by atoms with Gasteiger partial charge >= 0.3 is 0 Å². The van der Waals surface area contributed by atoms with Crippen molar-refractivity contribution in [1.29, 1.82) is 0 Å². The third kappa shape index (κ3) is 4.78. The standard InChI is InChI=1S/C18H17Cl2FN6O3/c1-9(15-11(19)2-3-12(21)16(15)20)30-14-6-13(25-26-17(14)22)18(29)24-10-7-23-27(8-10)4-5-28/h2-3,6-9,28H,4-5H2,1H3,(H2,22,26)(H,24,29). The van der Waals surface area contributed by atoms with Gasteiger partial charge in [-0.3, -0.25) is 9.48 Å². The van der Waals surface area contributed by atoms with Gasteiger partial charge in [0.05, 0.1) is 30.1 Å². The van der Waals surface area contributed by atoms with Crippen molar-refractivity contribution in [2.45, 2.75) is 19.6 Å². The molecular weight excluding hydrogens is 438 g/mol. The van der Waals surface area contributed by atoms with Crippen LogP contribution < -0.4 is 15.8 Å². The Bertz CT molecular complexity index is 1080. The summed E-state index contributed by atoms with van der Waals surface area (Å²) >= 11 is 12.1. The van der Waals surface area contributed by atoms with E-state index in [1.807, 2.05) is 0 Å². The third-order valence-corrected chi connectivity index (χ3v) is 4.74. The minimum absolute atomic E-state index is 0.0509. The number of hydrogen-bond donors (Lipinski definition) is 3. The summed E-state index contributed by atoms with van der Waals surface area (Å²) in [6, 6.07) is 3.81. The molecule has 158 valence electrons. The molecule has 3 rings (SSSR count). The number of amides is 1. The molecule has 2 aromatic heterocycles. The number of aliphatic hydroxyl groups excluding tert-OH is 1. The average Bonchev–Trinajstić information content (AvgIpc) is 3.14. The summed E-state index contributed by atoms with van der Waals surface area (Å²) in [5, 5.41) is 23.0. The molecule has 2 heterocycles. The van der Waals surface area contributed by atoms with Crippen LogP contribution in [0.1, 0.15) is 29.1 Å². The van der Waals surface area contributed by atoms with Crippen LogP contribution in [0.2, 0.25) is 10.0 Å². The van der Waals surface area contributed by atoms with Crippen LogP contribution >= 0.6 is 23.2 Å². The molecule has 1 aromatic carbocycles. The Labute approximate surface area is 180 Å². The highest BCUT2D eigenvalue weighted by Gasteiger charge is 2.21. The number of carbonyl (C=O) groups is 1. The van der Waals surface area contributed by atoms with Crippen molar-refractivity contribution in [3.8, 4) is 5.75 Å². The van der Waals surface area contributed by atoms with E-state index < -0.39 is 17.8 Å². The van der Waals surface area contributed by atoms with E-state index in [0.717, 1.165) is 6.07 Å². The normalized spacial score (nSPS) is 11.9. The van der Waals surface area contributed by atoms with Crippen LogP contribution in [0.5, 0.6) is 5.75 Å². The molecule has 0 aliphatic carbocycles. The number of hydrogen-bond acceptors (Lipinski definition) is 7. The molecule has 12 heteroatoms. The van der Waals surface area contributed by atoms with E-state index in [2.05, 4.69) is 20.6 Å². The molecule has 0 spiro atoms. The summed E-state index contributed by atoms with van der Waals surface area (Å²) in [5.74, 6) is -1.24. The molecule has 0 aliphatic heterocycles. The van der Waals surface area contributed by atoms with Crippen molar-refractivity contribution in [2.24, 2.45) is 0 Å². The van der Waals surface area contributed by atoms with Crippen LogP contribution in [0.4, 0.5) is 15.9 Å². The van der Waals surface area contributed by atoms with E-state index in [4.69, 9.17) is 38.8 Å². The first-order chi connectivity index (χ1) is 14.3. The van der Waals surface area contributed by atoms with Gasteiger partial charge in [-0.25, -0.2) is 4.39 Å². The summed E-state index contributed by atoms with van der Waals surface area (Å²) in [4.78, 5) is 12.5. The number of aromatic nitrogens is 4. The van der Waals surface area contributed by atoms with Gasteiger partial charge in [0.1, 0.15) is 11.9 Å². The zero-order valence-electron chi connectivity index (χ0n) is 15.6. The minimum Gasteiger partial charge on any atom is -0.482 e. The second-order valence-electron chi connectivity index (χ2n) is 6.17. The Hall–Kier alpha value is -2.95. The lowest BCUT2D eigenvalue weighted by atomic mass is 10.1. The van der Waals surface area contributed by atoms with Crippen LogP contribution in [0.3, 0.4) is 0 Å². The van der Waals surface area contributed by atoms with Crippen LogP contribution in [0, 0.1) is 5.82 Å². The number of nitrogen functional groups attached to an aromatic ring is 1. The fraction of sp³-hybridized carbons (Fsp3) is 0.222. The second kappa shape index (κ2) is 9.24. The molecule has 9 nitrogen and oxygen atoms in total. The van der Waals surface area contributed by atoms with Crippen molar-refractivity contribution in [3.63, 3.8) is 0 Å². The Morgan fingerprint density at radius 2 is 2.17 bits per heavy atom. The number of benzene rings is 1. The van der Waals surface area contributed by atoms with E-state index >= 15 is 0 Å². The molecule has 4 N–H and O–H groups in total. The fourth-order valence-corrected chi connectivity index (χ4v) is 3.28. The zero-order chi connectivity index (χ0) is 21.8. The first kappa shape index (κ1) is 21.8. The lowest BCUT2D eigenvalue weighted by Gasteiger charge is -2.18. The first-order valence-electron chi connectivity index (χ1n) is 8.68. The summed E-state index contributed by atoms with van der Waals surface area (Å²) in [5.41, 5.74) is 6.37. The van der Waals surface area contributed by atoms with Crippen LogP contribution in [-0.2, 0) is 6.54 Å². The third-order valence-electron chi connectivity index (χ3n) is 4.03. The highest BCUT2D eigenvalue weighted by atomic mass is 35.5. The van der Waals surface area contributed by atoms with E-state index in [9.17, 15) is 9.18 Å². The molecule has 1 atom stereocenters. The average molecular weight is 455 g/mol. The van der Waals surface area contributed by atoms with Crippen LogP contribution in [-0.4, -0.2) is 37.6 Å². The number of aliphatic hydroxyl groups is 1. The number of carbonyl (C=O) groups excluding carboxylic acids is 1. The largest absolute Gasteiger partial charge is 0.482 e. The Morgan fingerprint density at radius 3 is 2.90 bits per heavy atom. The van der Waals surface area contributed by atoms with Crippen molar-refractivity contribution in [3.05, 3.63) is 57.7 Å². The summed E-state index contributed by atoms with van der Waals surface area (Å²) in [6.45, 7) is 1.80. The molecule has 0 radical (unpaired) electrons. The topological polar surface area (TPSA) is 128 Å².